The van der Waals surface area contributed by atoms with Crippen LogP contribution in [-0.4, -0.2) is 47.1 Å². The first kappa shape index (κ1) is 28.7. The van der Waals surface area contributed by atoms with Crippen molar-refractivity contribution in [2.45, 2.75) is 63.1 Å². The molecule has 2 amide bonds. The van der Waals surface area contributed by atoms with Crippen molar-refractivity contribution in [2.75, 3.05) is 24.3 Å². The molecule has 0 aliphatic carbocycles. The van der Waals surface area contributed by atoms with Gasteiger partial charge < -0.3 is 14.8 Å². The second-order valence-electron chi connectivity index (χ2n) is 10.5. The molecule has 0 bridgehead atoms. The van der Waals surface area contributed by atoms with Gasteiger partial charge in [0.15, 0.2) is 0 Å². The lowest BCUT2D eigenvalue weighted by Crippen LogP contribution is -2.59. The molecule has 4 rings (SSSR count). The quantitative estimate of drug-likeness (QED) is 0.212. The maximum atomic E-state index is 13.4. The maximum absolute atomic E-state index is 13.4. The highest BCUT2D eigenvalue weighted by molar-refractivity contribution is 7.99. The van der Waals surface area contributed by atoms with Crippen molar-refractivity contribution >= 4 is 29.4 Å². The number of aryl methyl sites for hydroxylation is 1. The van der Waals surface area contributed by atoms with Gasteiger partial charge in [0.05, 0.1) is 13.2 Å². The van der Waals surface area contributed by atoms with E-state index in [1.54, 1.807) is 32.5 Å². The molecule has 1 atom stereocenters. The zero-order valence-corrected chi connectivity index (χ0v) is 24.1. The van der Waals surface area contributed by atoms with Crippen LogP contribution in [0.3, 0.4) is 0 Å². The van der Waals surface area contributed by atoms with Gasteiger partial charge in [-0.3, -0.25) is 9.69 Å². The van der Waals surface area contributed by atoms with Crippen LogP contribution in [0.4, 0.5) is 10.5 Å². The average molecular weight is 547 g/mol. The lowest BCUT2D eigenvalue weighted by Gasteiger charge is -2.37. The number of benzene rings is 3. The van der Waals surface area contributed by atoms with Gasteiger partial charge in [-0.25, -0.2) is 4.79 Å². The minimum absolute atomic E-state index is 0.0922. The Kier molecular flexibility index (Phi) is 9.36. The third kappa shape index (κ3) is 7.02. The predicted molar refractivity (Wildman–Crippen MR) is 158 cm³/mol. The van der Waals surface area contributed by atoms with Gasteiger partial charge in [0, 0.05) is 16.3 Å². The van der Waals surface area contributed by atoms with Gasteiger partial charge in [-0.05, 0) is 74.6 Å². The first-order valence-corrected chi connectivity index (χ1v) is 14.5. The number of hydrogen-bond donors (Lipinski definition) is 1. The topological polar surface area (TPSA) is 67.9 Å². The molecular formula is C32H38N2O4S. The highest BCUT2D eigenvalue weighted by Crippen LogP contribution is 2.36. The van der Waals surface area contributed by atoms with E-state index in [1.807, 2.05) is 37.3 Å². The maximum Gasteiger partial charge on any atom is 0.413 e. The Balaban J connectivity index is 1.30. The van der Waals surface area contributed by atoms with Gasteiger partial charge in [-0.15, -0.1) is 11.8 Å². The Labute approximate surface area is 236 Å². The molecule has 0 saturated carbocycles. The Hall–Kier alpha value is -3.29. The van der Waals surface area contributed by atoms with Crippen molar-refractivity contribution in [3.05, 3.63) is 84.4 Å². The summed E-state index contributed by atoms with van der Waals surface area (Å²) in [7, 11) is 0. The number of nitrogens with one attached hydrogen (secondary N) is 1. The fraction of sp³-hybridized carbons (Fsp3) is 0.375. The molecule has 1 heterocycles. The van der Waals surface area contributed by atoms with E-state index in [-0.39, 0.29) is 12.5 Å². The van der Waals surface area contributed by atoms with Gasteiger partial charge in [0.25, 0.3) is 5.91 Å². The molecule has 0 aromatic heterocycles. The van der Waals surface area contributed by atoms with Crippen molar-refractivity contribution in [1.29, 1.82) is 0 Å². The summed E-state index contributed by atoms with van der Waals surface area (Å²) in [6.07, 6.45) is 2.12. The highest BCUT2D eigenvalue weighted by Gasteiger charge is 2.56. The molecule has 6 nitrogen and oxygen atoms in total. The predicted octanol–water partition coefficient (Wildman–Crippen LogP) is 7.39. The van der Waals surface area contributed by atoms with Crippen molar-refractivity contribution in [2.24, 2.45) is 0 Å². The van der Waals surface area contributed by atoms with Crippen LogP contribution in [0.2, 0.25) is 0 Å². The number of hydrogen-bond acceptors (Lipinski definition) is 5. The number of rotatable bonds is 10. The molecule has 1 N–H and O–H groups in total. The molecule has 0 radical (unpaired) electrons. The lowest BCUT2D eigenvalue weighted by atomic mass is 9.99. The van der Waals surface area contributed by atoms with Crippen LogP contribution in [0.15, 0.2) is 83.8 Å². The highest BCUT2D eigenvalue weighted by atomic mass is 32.2. The van der Waals surface area contributed by atoms with E-state index >= 15 is 0 Å². The van der Waals surface area contributed by atoms with Crippen LogP contribution in [-0.2, 0) is 20.7 Å². The number of unbranched alkanes of at least 4 members (excludes halogenated alkanes) is 1. The summed E-state index contributed by atoms with van der Waals surface area (Å²) in [5.41, 5.74) is 2.30. The fourth-order valence-electron chi connectivity index (χ4n) is 4.68. The molecule has 3 aromatic rings. The van der Waals surface area contributed by atoms with E-state index in [4.69, 9.17) is 9.47 Å². The number of nitrogens with zero attached hydrogens (tertiary/aromatic N) is 1. The number of carbonyl (C=O) groups excluding carboxylic acids is 2. The summed E-state index contributed by atoms with van der Waals surface area (Å²) in [6, 6.07) is 26.9. The Morgan fingerprint density at radius 1 is 0.949 bits per heavy atom. The SMILES string of the molecule is CCCCOC(=O)N1C(C)(C)OCC1(C)C(=O)Nc1ccc(SCCc2ccc(-c3ccccc3)cc2)cc1. The standard InChI is InChI=1S/C32H38N2O4S/c1-5-6-21-37-30(36)34-31(2,3)38-23-32(34,4)29(35)33-27-16-18-28(19-17-27)39-22-20-24-12-14-26(15-13-24)25-10-8-7-9-11-25/h7-19H,5-6,20-23H2,1-4H3,(H,33,35). The molecule has 1 fully saturated rings. The van der Waals surface area contributed by atoms with E-state index in [9.17, 15) is 9.59 Å². The molecule has 3 aromatic carbocycles. The monoisotopic (exact) mass is 546 g/mol. The summed E-state index contributed by atoms with van der Waals surface area (Å²) in [5, 5.41) is 2.96. The number of ether oxygens (including phenoxy) is 2. The Morgan fingerprint density at radius 3 is 2.28 bits per heavy atom. The van der Waals surface area contributed by atoms with Crippen molar-refractivity contribution in [3.63, 3.8) is 0 Å². The van der Waals surface area contributed by atoms with Crippen LogP contribution in [0, 0.1) is 0 Å². The third-order valence-electron chi connectivity index (χ3n) is 6.97. The van der Waals surface area contributed by atoms with Crippen molar-refractivity contribution in [1.82, 2.24) is 4.90 Å². The molecule has 206 valence electrons. The van der Waals surface area contributed by atoms with E-state index in [2.05, 4.69) is 53.8 Å². The lowest BCUT2D eigenvalue weighted by molar-refractivity contribution is -0.126. The van der Waals surface area contributed by atoms with Crippen LogP contribution in [0.1, 0.15) is 46.1 Å². The van der Waals surface area contributed by atoms with E-state index < -0.39 is 17.4 Å². The second-order valence-corrected chi connectivity index (χ2v) is 11.6. The Morgan fingerprint density at radius 2 is 1.62 bits per heavy atom. The third-order valence-corrected chi connectivity index (χ3v) is 7.98. The zero-order chi connectivity index (χ0) is 27.9. The first-order valence-electron chi connectivity index (χ1n) is 13.5. The summed E-state index contributed by atoms with van der Waals surface area (Å²) < 4.78 is 11.3. The minimum atomic E-state index is -1.18. The van der Waals surface area contributed by atoms with E-state index in [0.717, 1.165) is 29.9 Å². The summed E-state index contributed by atoms with van der Waals surface area (Å²) in [5.74, 6) is 0.649. The van der Waals surface area contributed by atoms with Crippen molar-refractivity contribution < 1.29 is 19.1 Å². The molecule has 1 aliphatic rings. The van der Waals surface area contributed by atoms with E-state index in [1.165, 1.54) is 21.6 Å². The summed E-state index contributed by atoms with van der Waals surface area (Å²) in [4.78, 5) is 28.8. The zero-order valence-electron chi connectivity index (χ0n) is 23.2. The Bertz CT molecular complexity index is 1250. The summed E-state index contributed by atoms with van der Waals surface area (Å²) >= 11 is 1.78. The number of thioether (sulfide) groups is 1. The molecular weight excluding hydrogens is 508 g/mol. The van der Waals surface area contributed by atoms with Crippen LogP contribution < -0.4 is 5.32 Å². The summed E-state index contributed by atoms with van der Waals surface area (Å²) in [6.45, 7) is 7.71. The first-order chi connectivity index (χ1) is 18.7. The van der Waals surface area contributed by atoms with Gasteiger partial charge in [0.2, 0.25) is 0 Å². The fourth-order valence-corrected chi connectivity index (χ4v) is 5.58. The second kappa shape index (κ2) is 12.7. The molecule has 0 spiro atoms. The molecule has 1 saturated heterocycles. The van der Waals surface area contributed by atoms with Gasteiger partial charge >= 0.3 is 6.09 Å². The smallest absolute Gasteiger partial charge is 0.413 e. The number of amides is 2. The largest absolute Gasteiger partial charge is 0.449 e. The average Bonchev–Trinajstić information content (AvgIpc) is 3.20. The molecule has 1 aliphatic heterocycles. The molecule has 1 unspecified atom stereocenters. The van der Waals surface area contributed by atoms with Gasteiger partial charge in [0.1, 0.15) is 11.3 Å². The molecule has 39 heavy (non-hydrogen) atoms. The number of anilines is 1. The van der Waals surface area contributed by atoms with Crippen LogP contribution in [0.25, 0.3) is 11.1 Å². The van der Waals surface area contributed by atoms with Crippen LogP contribution >= 0.6 is 11.8 Å². The van der Waals surface area contributed by atoms with Gasteiger partial charge in [-0.2, -0.15) is 0 Å². The minimum Gasteiger partial charge on any atom is -0.449 e. The van der Waals surface area contributed by atoms with Gasteiger partial charge in [-0.1, -0.05) is 67.9 Å². The molecule has 7 heteroatoms. The van der Waals surface area contributed by atoms with Crippen LogP contribution in [0.5, 0.6) is 0 Å². The normalized spacial score (nSPS) is 18.1. The van der Waals surface area contributed by atoms with Crippen molar-refractivity contribution in [3.8, 4) is 11.1 Å². The number of carbonyl (C=O) groups is 2. The van der Waals surface area contributed by atoms with E-state index in [0.29, 0.717) is 12.3 Å².